The number of benzene rings is 3. The molecule has 6 nitrogen and oxygen atoms in total. The summed E-state index contributed by atoms with van der Waals surface area (Å²) in [4.78, 5) is 42.6. The van der Waals surface area contributed by atoms with Gasteiger partial charge in [0.1, 0.15) is 11.8 Å². The van der Waals surface area contributed by atoms with Gasteiger partial charge in [0.2, 0.25) is 0 Å². The van der Waals surface area contributed by atoms with Crippen molar-refractivity contribution in [3.05, 3.63) is 94.5 Å². The summed E-state index contributed by atoms with van der Waals surface area (Å²) in [5, 5.41) is 0. The van der Waals surface area contributed by atoms with Gasteiger partial charge in [0.05, 0.1) is 24.3 Å². The van der Waals surface area contributed by atoms with Gasteiger partial charge in [-0.1, -0.05) is 42.0 Å². The predicted octanol–water partition coefficient (Wildman–Crippen LogP) is 4.06. The summed E-state index contributed by atoms with van der Waals surface area (Å²) in [7, 11) is 1.58. The van der Waals surface area contributed by atoms with Crippen molar-refractivity contribution in [3.8, 4) is 5.75 Å². The van der Waals surface area contributed by atoms with Crippen LogP contribution in [0.3, 0.4) is 0 Å². The lowest BCUT2D eigenvalue weighted by atomic mass is 9.85. The van der Waals surface area contributed by atoms with Crippen LogP contribution < -0.4 is 9.64 Å². The van der Waals surface area contributed by atoms with Crippen LogP contribution in [0.2, 0.25) is 0 Å². The van der Waals surface area contributed by atoms with Gasteiger partial charge in [-0.2, -0.15) is 0 Å². The number of hydrogen-bond donors (Lipinski definition) is 0. The minimum Gasteiger partial charge on any atom is -0.497 e. The molecule has 160 valence electrons. The SMILES string of the molecule is COc1cccc([C@H]2[C@H](N3C(=O)c4ccccc4C3=O)C(=O)N2c2ccc(C)cc2C)c1. The van der Waals surface area contributed by atoms with Crippen molar-refractivity contribution in [1.82, 2.24) is 4.90 Å². The van der Waals surface area contributed by atoms with E-state index in [0.717, 1.165) is 27.3 Å². The van der Waals surface area contributed by atoms with E-state index in [1.165, 1.54) is 0 Å². The smallest absolute Gasteiger partial charge is 0.262 e. The van der Waals surface area contributed by atoms with E-state index in [4.69, 9.17) is 4.74 Å². The van der Waals surface area contributed by atoms with E-state index in [1.54, 1.807) is 36.3 Å². The molecule has 0 unspecified atom stereocenters. The first-order chi connectivity index (χ1) is 15.4. The highest BCUT2D eigenvalue weighted by atomic mass is 16.5. The number of fused-ring (bicyclic) bond motifs is 1. The van der Waals surface area contributed by atoms with Crippen molar-refractivity contribution in [2.75, 3.05) is 12.0 Å². The standard InChI is InChI=1S/C26H22N2O4/c1-15-11-12-21(16(2)13-15)27-22(17-7-6-8-18(14-17)32-3)23(26(27)31)28-24(29)19-9-4-5-10-20(19)25(28)30/h4-14,22-23H,1-3H3/t22-,23-/m0/s1. The van der Waals surface area contributed by atoms with E-state index in [1.807, 2.05) is 56.3 Å². The molecule has 1 saturated heterocycles. The highest BCUT2D eigenvalue weighted by molar-refractivity contribution is 6.24. The van der Waals surface area contributed by atoms with E-state index >= 15 is 0 Å². The number of hydrogen-bond acceptors (Lipinski definition) is 4. The summed E-state index contributed by atoms with van der Waals surface area (Å²) in [6, 6.07) is 18.5. The van der Waals surface area contributed by atoms with Crippen molar-refractivity contribution < 1.29 is 19.1 Å². The molecule has 0 aromatic heterocycles. The van der Waals surface area contributed by atoms with Crippen LogP contribution in [-0.2, 0) is 4.79 Å². The second-order valence-corrected chi connectivity index (χ2v) is 8.19. The number of carbonyl (C=O) groups is 3. The summed E-state index contributed by atoms with van der Waals surface area (Å²) >= 11 is 0. The Morgan fingerprint density at radius 3 is 2.06 bits per heavy atom. The molecule has 2 aliphatic rings. The molecule has 0 spiro atoms. The maximum Gasteiger partial charge on any atom is 0.262 e. The fraction of sp³-hybridized carbons (Fsp3) is 0.192. The quantitative estimate of drug-likeness (QED) is 0.466. The molecule has 5 rings (SSSR count). The number of imide groups is 1. The Morgan fingerprint density at radius 2 is 1.44 bits per heavy atom. The second kappa shape index (κ2) is 7.34. The molecule has 3 aromatic carbocycles. The van der Waals surface area contributed by atoms with Gasteiger partial charge in [-0.15, -0.1) is 0 Å². The zero-order chi connectivity index (χ0) is 22.6. The van der Waals surface area contributed by atoms with Crippen LogP contribution in [-0.4, -0.2) is 35.8 Å². The predicted molar refractivity (Wildman–Crippen MR) is 120 cm³/mol. The minimum absolute atomic E-state index is 0.278. The second-order valence-electron chi connectivity index (χ2n) is 8.19. The molecular weight excluding hydrogens is 404 g/mol. The molecule has 0 bridgehead atoms. The number of methoxy groups -OCH3 is 1. The summed E-state index contributed by atoms with van der Waals surface area (Å²) < 4.78 is 5.38. The lowest BCUT2D eigenvalue weighted by Gasteiger charge is -2.50. The normalized spacial score (nSPS) is 19.8. The Balaban J connectivity index is 1.62. The van der Waals surface area contributed by atoms with Crippen LogP contribution in [0, 0.1) is 13.8 Å². The van der Waals surface area contributed by atoms with Crippen molar-refractivity contribution in [1.29, 1.82) is 0 Å². The number of β-lactam (4-membered cyclic amide) rings is 1. The van der Waals surface area contributed by atoms with Crippen molar-refractivity contribution in [2.45, 2.75) is 25.9 Å². The average molecular weight is 426 g/mol. The lowest BCUT2D eigenvalue weighted by molar-refractivity contribution is -0.130. The van der Waals surface area contributed by atoms with Gasteiger partial charge in [0.25, 0.3) is 17.7 Å². The van der Waals surface area contributed by atoms with E-state index in [0.29, 0.717) is 16.9 Å². The molecule has 1 fully saturated rings. The first-order valence-corrected chi connectivity index (χ1v) is 10.4. The Kier molecular flexibility index (Phi) is 4.59. The molecular formula is C26H22N2O4. The average Bonchev–Trinajstić information content (AvgIpc) is 3.04. The molecule has 0 radical (unpaired) electrons. The van der Waals surface area contributed by atoms with E-state index in [9.17, 15) is 14.4 Å². The molecule has 3 amide bonds. The highest BCUT2D eigenvalue weighted by Gasteiger charge is 2.57. The first-order valence-electron chi connectivity index (χ1n) is 10.4. The maximum absolute atomic E-state index is 13.5. The topological polar surface area (TPSA) is 66.9 Å². The van der Waals surface area contributed by atoms with Gasteiger partial charge >= 0.3 is 0 Å². The molecule has 2 aliphatic heterocycles. The number of aryl methyl sites for hydroxylation is 2. The fourth-order valence-electron chi connectivity index (χ4n) is 4.69. The van der Waals surface area contributed by atoms with Gasteiger partial charge < -0.3 is 9.64 Å². The third-order valence-electron chi connectivity index (χ3n) is 6.22. The Hall–Kier alpha value is -3.93. The number of carbonyl (C=O) groups excluding carboxylic acids is 3. The van der Waals surface area contributed by atoms with E-state index in [2.05, 4.69) is 0 Å². The molecule has 0 N–H and O–H groups in total. The lowest BCUT2D eigenvalue weighted by Crippen LogP contribution is -2.67. The summed E-state index contributed by atoms with van der Waals surface area (Å²) in [5.74, 6) is -0.503. The Morgan fingerprint density at radius 1 is 0.750 bits per heavy atom. The van der Waals surface area contributed by atoms with Crippen molar-refractivity contribution >= 4 is 23.4 Å². The highest BCUT2D eigenvalue weighted by Crippen LogP contribution is 2.45. The Labute approximate surface area is 186 Å². The summed E-state index contributed by atoms with van der Waals surface area (Å²) in [6.07, 6.45) is 0. The number of nitrogens with zero attached hydrogens (tertiary/aromatic N) is 2. The molecule has 2 heterocycles. The van der Waals surface area contributed by atoms with Crippen molar-refractivity contribution in [2.24, 2.45) is 0 Å². The van der Waals surface area contributed by atoms with Crippen LogP contribution in [0.5, 0.6) is 5.75 Å². The maximum atomic E-state index is 13.5. The van der Waals surface area contributed by atoms with Crippen LogP contribution >= 0.6 is 0 Å². The van der Waals surface area contributed by atoms with Crippen LogP contribution in [0.1, 0.15) is 43.4 Å². The molecule has 32 heavy (non-hydrogen) atoms. The minimum atomic E-state index is -0.921. The number of anilines is 1. The summed E-state index contributed by atoms with van der Waals surface area (Å²) in [5.41, 5.74) is 4.27. The molecule has 0 saturated carbocycles. The molecule has 2 atom stereocenters. The molecule has 0 aliphatic carbocycles. The van der Waals surface area contributed by atoms with Crippen LogP contribution in [0.4, 0.5) is 5.69 Å². The van der Waals surface area contributed by atoms with Gasteiger partial charge in [-0.05, 0) is 55.3 Å². The van der Waals surface area contributed by atoms with E-state index < -0.39 is 23.9 Å². The first kappa shape index (κ1) is 20.0. The van der Waals surface area contributed by atoms with E-state index in [-0.39, 0.29) is 5.91 Å². The molecule has 3 aromatic rings. The van der Waals surface area contributed by atoms with Crippen LogP contribution in [0.15, 0.2) is 66.7 Å². The van der Waals surface area contributed by atoms with Gasteiger partial charge in [-0.25, -0.2) is 0 Å². The fourth-order valence-corrected chi connectivity index (χ4v) is 4.69. The Bertz CT molecular complexity index is 1250. The third kappa shape index (κ3) is 2.83. The number of ether oxygens (including phenoxy) is 1. The largest absolute Gasteiger partial charge is 0.497 e. The van der Waals surface area contributed by atoms with Gasteiger partial charge in [0, 0.05) is 5.69 Å². The monoisotopic (exact) mass is 426 g/mol. The third-order valence-corrected chi connectivity index (χ3v) is 6.22. The zero-order valence-corrected chi connectivity index (χ0v) is 18.0. The van der Waals surface area contributed by atoms with Crippen LogP contribution in [0.25, 0.3) is 0 Å². The number of rotatable bonds is 4. The zero-order valence-electron chi connectivity index (χ0n) is 18.0. The van der Waals surface area contributed by atoms with Crippen molar-refractivity contribution in [3.63, 3.8) is 0 Å². The van der Waals surface area contributed by atoms with Gasteiger partial charge in [0.15, 0.2) is 0 Å². The molecule has 6 heteroatoms. The summed E-state index contributed by atoms with van der Waals surface area (Å²) in [6.45, 7) is 3.95. The number of amides is 3. The van der Waals surface area contributed by atoms with Gasteiger partial charge in [-0.3, -0.25) is 19.3 Å².